The average molecular weight is 495 g/mol. The van der Waals surface area contributed by atoms with E-state index in [2.05, 4.69) is 45.5 Å². The number of hydrogen-bond donors (Lipinski definition) is 1. The Labute approximate surface area is 192 Å². The highest BCUT2D eigenvalue weighted by atomic mass is 79.9. The van der Waals surface area contributed by atoms with Gasteiger partial charge in [0.1, 0.15) is 12.4 Å². The van der Waals surface area contributed by atoms with Gasteiger partial charge in [-0.25, -0.2) is 4.39 Å². The van der Waals surface area contributed by atoms with Crippen LogP contribution < -0.4 is 14.8 Å². The maximum absolute atomic E-state index is 13.9. The lowest BCUT2D eigenvalue weighted by molar-refractivity contribution is 0.264. The summed E-state index contributed by atoms with van der Waals surface area (Å²) in [5.74, 6) is 0.960. The number of rotatable bonds is 10. The van der Waals surface area contributed by atoms with Crippen molar-refractivity contribution in [2.24, 2.45) is 0 Å². The molecule has 0 saturated carbocycles. The Morgan fingerprint density at radius 1 is 0.933 bits per heavy atom. The van der Waals surface area contributed by atoms with Crippen molar-refractivity contribution < 1.29 is 13.9 Å². The van der Waals surface area contributed by atoms with Crippen LogP contribution in [0.4, 0.5) is 4.39 Å². The molecule has 0 fully saturated rings. The van der Waals surface area contributed by atoms with Gasteiger partial charge in [-0.05, 0) is 65.1 Å². The fraction of sp³-hybridized carbons (Fsp3) is 0.250. The Morgan fingerprint density at radius 3 is 2.40 bits per heavy atom. The molecular weight excluding hydrogens is 469 g/mol. The molecule has 3 rings (SSSR count). The molecule has 0 atom stereocenters. The zero-order valence-corrected chi connectivity index (χ0v) is 19.3. The minimum Gasteiger partial charge on any atom is -0.490 e. The SMILES string of the molecule is CCOc1cc(CNCCc2ccccc2)cc(Br)c1OCc1ccccc1F.Cl. The molecule has 0 radical (unpaired) electrons. The van der Waals surface area contributed by atoms with Crippen LogP contribution in [0.25, 0.3) is 0 Å². The van der Waals surface area contributed by atoms with Crippen LogP contribution in [-0.2, 0) is 19.6 Å². The molecule has 0 saturated heterocycles. The van der Waals surface area contributed by atoms with Gasteiger partial charge in [-0.2, -0.15) is 0 Å². The van der Waals surface area contributed by atoms with Gasteiger partial charge in [0.2, 0.25) is 0 Å². The zero-order valence-electron chi connectivity index (χ0n) is 16.9. The van der Waals surface area contributed by atoms with Crippen molar-refractivity contribution in [2.75, 3.05) is 13.2 Å². The third kappa shape index (κ3) is 7.01. The van der Waals surface area contributed by atoms with E-state index in [4.69, 9.17) is 9.47 Å². The average Bonchev–Trinajstić information content (AvgIpc) is 2.73. The Morgan fingerprint density at radius 2 is 1.67 bits per heavy atom. The van der Waals surface area contributed by atoms with Crippen molar-refractivity contribution in [3.63, 3.8) is 0 Å². The van der Waals surface area contributed by atoms with Crippen LogP contribution >= 0.6 is 28.3 Å². The summed E-state index contributed by atoms with van der Waals surface area (Å²) in [6, 6.07) is 21.0. The first-order valence-electron chi connectivity index (χ1n) is 9.73. The smallest absolute Gasteiger partial charge is 0.175 e. The van der Waals surface area contributed by atoms with Crippen molar-refractivity contribution in [1.82, 2.24) is 5.32 Å². The lowest BCUT2D eigenvalue weighted by Gasteiger charge is -2.16. The molecule has 0 aliphatic rings. The topological polar surface area (TPSA) is 30.5 Å². The summed E-state index contributed by atoms with van der Waals surface area (Å²) in [5.41, 5.74) is 2.91. The van der Waals surface area contributed by atoms with Gasteiger partial charge in [-0.3, -0.25) is 0 Å². The second-order valence-corrected chi connectivity index (χ2v) is 7.48. The molecule has 0 aliphatic heterocycles. The van der Waals surface area contributed by atoms with E-state index in [1.165, 1.54) is 11.6 Å². The Balaban J connectivity index is 0.00000320. The van der Waals surface area contributed by atoms with Gasteiger partial charge in [-0.1, -0.05) is 48.5 Å². The maximum Gasteiger partial charge on any atom is 0.175 e. The molecule has 0 heterocycles. The molecular formula is C24H26BrClFNO2. The van der Waals surface area contributed by atoms with Crippen LogP contribution in [0, 0.1) is 5.82 Å². The van der Waals surface area contributed by atoms with Gasteiger partial charge in [0, 0.05) is 12.1 Å². The van der Waals surface area contributed by atoms with Crippen molar-refractivity contribution in [3.8, 4) is 11.5 Å². The second kappa shape index (κ2) is 12.6. The standard InChI is InChI=1S/C24H25BrFNO2.ClH/c1-2-28-23-15-19(16-27-13-12-18-8-4-3-5-9-18)14-21(25)24(23)29-17-20-10-6-7-11-22(20)26;/h3-11,14-15,27H,2,12-13,16-17H2,1H3;1H. The number of ether oxygens (including phenoxy) is 2. The summed E-state index contributed by atoms with van der Waals surface area (Å²) in [5, 5.41) is 3.46. The molecule has 1 N–H and O–H groups in total. The third-order valence-electron chi connectivity index (χ3n) is 4.46. The van der Waals surface area contributed by atoms with Gasteiger partial charge in [0.25, 0.3) is 0 Å². The van der Waals surface area contributed by atoms with Crippen LogP contribution in [0.2, 0.25) is 0 Å². The van der Waals surface area contributed by atoms with E-state index in [1.807, 2.05) is 25.1 Å². The molecule has 0 bridgehead atoms. The van der Waals surface area contributed by atoms with E-state index in [9.17, 15) is 4.39 Å². The predicted octanol–water partition coefficient (Wildman–Crippen LogP) is 6.32. The largest absolute Gasteiger partial charge is 0.490 e. The summed E-state index contributed by atoms with van der Waals surface area (Å²) in [7, 11) is 0. The molecule has 0 aliphatic carbocycles. The number of hydrogen-bond acceptors (Lipinski definition) is 3. The van der Waals surface area contributed by atoms with Gasteiger partial charge >= 0.3 is 0 Å². The summed E-state index contributed by atoms with van der Waals surface area (Å²) in [6.07, 6.45) is 0.976. The minimum atomic E-state index is -0.277. The fourth-order valence-corrected chi connectivity index (χ4v) is 3.61. The monoisotopic (exact) mass is 493 g/mol. The highest BCUT2D eigenvalue weighted by Gasteiger charge is 2.13. The lowest BCUT2D eigenvalue weighted by atomic mass is 10.1. The van der Waals surface area contributed by atoms with Crippen molar-refractivity contribution in [2.45, 2.75) is 26.5 Å². The number of nitrogens with one attached hydrogen (secondary N) is 1. The molecule has 0 amide bonds. The van der Waals surface area contributed by atoms with Crippen LogP contribution in [0.3, 0.4) is 0 Å². The second-order valence-electron chi connectivity index (χ2n) is 6.63. The first kappa shape index (κ1) is 24.2. The Hall–Kier alpha value is -2.08. The van der Waals surface area contributed by atoms with E-state index in [1.54, 1.807) is 18.2 Å². The third-order valence-corrected chi connectivity index (χ3v) is 5.05. The molecule has 6 heteroatoms. The van der Waals surface area contributed by atoms with Gasteiger partial charge in [0.15, 0.2) is 11.5 Å². The molecule has 3 aromatic rings. The quantitative estimate of drug-likeness (QED) is 0.335. The van der Waals surface area contributed by atoms with Crippen molar-refractivity contribution in [1.29, 1.82) is 0 Å². The molecule has 160 valence electrons. The molecule has 0 aromatic heterocycles. The van der Waals surface area contributed by atoms with Crippen molar-refractivity contribution in [3.05, 3.63) is 93.7 Å². The van der Waals surface area contributed by atoms with E-state index >= 15 is 0 Å². The number of halogens is 3. The molecule has 0 spiro atoms. The fourth-order valence-electron chi connectivity index (χ4n) is 3.00. The zero-order chi connectivity index (χ0) is 20.5. The molecule has 30 heavy (non-hydrogen) atoms. The van der Waals surface area contributed by atoms with Crippen LogP contribution in [0.5, 0.6) is 11.5 Å². The van der Waals surface area contributed by atoms with Gasteiger partial charge in [0.05, 0.1) is 11.1 Å². The van der Waals surface area contributed by atoms with Gasteiger partial charge in [-0.15, -0.1) is 12.4 Å². The minimum absolute atomic E-state index is 0. The first-order chi connectivity index (χ1) is 14.2. The van der Waals surface area contributed by atoms with Crippen LogP contribution in [0.1, 0.15) is 23.6 Å². The van der Waals surface area contributed by atoms with Crippen LogP contribution in [0.15, 0.2) is 71.2 Å². The summed E-state index contributed by atoms with van der Waals surface area (Å²) >= 11 is 3.58. The summed E-state index contributed by atoms with van der Waals surface area (Å²) in [6.45, 7) is 4.20. The Kier molecular flexibility index (Phi) is 10.1. The Bertz CT molecular complexity index is 924. The first-order valence-corrected chi connectivity index (χ1v) is 10.5. The highest BCUT2D eigenvalue weighted by molar-refractivity contribution is 9.10. The van der Waals surface area contributed by atoms with E-state index in [0.29, 0.717) is 23.7 Å². The van der Waals surface area contributed by atoms with Crippen LogP contribution in [-0.4, -0.2) is 13.2 Å². The summed E-state index contributed by atoms with van der Waals surface area (Å²) in [4.78, 5) is 0. The summed E-state index contributed by atoms with van der Waals surface area (Å²) < 4.78 is 26.3. The molecule has 0 unspecified atom stereocenters. The van der Waals surface area contributed by atoms with Crippen molar-refractivity contribution >= 4 is 28.3 Å². The van der Waals surface area contributed by atoms with E-state index < -0.39 is 0 Å². The molecule has 3 aromatic carbocycles. The molecule has 3 nitrogen and oxygen atoms in total. The number of benzene rings is 3. The highest BCUT2D eigenvalue weighted by Crippen LogP contribution is 2.37. The van der Waals surface area contributed by atoms with Gasteiger partial charge < -0.3 is 14.8 Å². The van der Waals surface area contributed by atoms with E-state index in [0.717, 1.165) is 29.5 Å². The lowest BCUT2D eigenvalue weighted by Crippen LogP contribution is -2.16. The predicted molar refractivity (Wildman–Crippen MR) is 125 cm³/mol. The normalized spacial score (nSPS) is 10.4. The van der Waals surface area contributed by atoms with E-state index in [-0.39, 0.29) is 24.8 Å². The maximum atomic E-state index is 13.9.